The van der Waals surface area contributed by atoms with E-state index in [-0.39, 0.29) is 42.7 Å². The summed E-state index contributed by atoms with van der Waals surface area (Å²) < 4.78 is 75.5. The lowest BCUT2D eigenvalue weighted by Crippen LogP contribution is -2.31. The van der Waals surface area contributed by atoms with Crippen LogP contribution in [0.1, 0.15) is 30.5 Å². The Morgan fingerprint density at radius 1 is 1.29 bits per heavy atom. The lowest BCUT2D eigenvalue weighted by molar-refractivity contribution is -0.138. The number of alkyl halides is 3. The molecule has 1 aliphatic rings. The standard InChI is InChI=1S/C19H17BF4N2O5/c1-10(2)28-3-4-29-18-13(8-25)14(19(22,23)24)7-16(26-18)31-12-5-11-9-30-20(27)17(11)15(21)6-12/h5-7,10,27H,3-4,9H2,1-2H3. The number of nitrogens with zero attached hydrogens (tertiary/aromatic N) is 2. The van der Waals surface area contributed by atoms with Crippen LogP contribution in [0.5, 0.6) is 17.5 Å². The molecular weight excluding hydrogens is 423 g/mol. The Labute approximate surface area is 175 Å². The molecule has 1 aromatic heterocycles. The fourth-order valence-corrected chi connectivity index (χ4v) is 2.88. The number of halogens is 4. The number of pyridine rings is 1. The molecular formula is C19H17BF4N2O5. The second-order valence-corrected chi connectivity index (χ2v) is 6.81. The van der Waals surface area contributed by atoms with Crippen LogP contribution in [0.15, 0.2) is 18.2 Å². The van der Waals surface area contributed by atoms with E-state index in [1.165, 1.54) is 12.1 Å². The van der Waals surface area contributed by atoms with E-state index >= 15 is 0 Å². The molecule has 0 atom stereocenters. The van der Waals surface area contributed by atoms with Crippen molar-refractivity contribution in [3.63, 3.8) is 0 Å². The van der Waals surface area contributed by atoms with Crippen molar-refractivity contribution in [1.82, 2.24) is 4.98 Å². The summed E-state index contributed by atoms with van der Waals surface area (Å²) in [6.45, 7) is 3.37. The molecule has 0 amide bonds. The summed E-state index contributed by atoms with van der Waals surface area (Å²) in [5.74, 6) is -2.14. The van der Waals surface area contributed by atoms with Crippen LogP contribution in [0.4, 0.5) is 17.6 Å². The Hall–Kier alpha value is -2.88. The quantitative estimate of drug-likeness (QED) is 0.402. The summed E-state index contributed by atoms with van der Waals surface area (Å²) in [4.78, 5) is 3.84. The van der Waals surface area contributed by atoms with Crippen LogP contribution < -0.4 is 14.9 Å². The van der Waals surface area contributed by atoms with E-state index in [0.29, 0.717) is 6.07 Å². The average Bonchev–Trinajstić information content (AvgIpc) is 3.05. The first-order chi connectivity index (χ1) is 14.6. The minimum absolute atomic E-state index is 0.0645. The highest BCUT2D eigenvalue weighted by atomic mass is 19.4. The third-order valence-corrected chi connectivity index (χ3v) is 4.21. The fraction of sp³-hybridized carbons (Fsp3) is 0.368. The highest BCUT2D eigenvalue weighted by Gasteiger charge is 2.37. The molecule has 164 valence electrons. The molecule has 0 aliphatic carbocycles. The molecule has 7 nitrogen and oxygen atoms in total. The van der Waals surface area contributed by atoms with Gasteiger partial charge in [-0.05, 0) is 25.5 Å². The molecule has 0 unspecified atom stereocenters. The number of hydrogen-bond acceptors (Lipinski definition) is 7. The van der Waals surface area contributed by atoms with Crippen LogP contribution in [0.2, 0.25) is 0 Å². The summed E-state index contributed by atoms with van der Waals surface area (Å²) >= 11 is 0. The number of hydrogen-bond donors (Lipinski definition) is 1. The van der Waals surface area contributed by atoms with E-state index in [2.05, 4.69) is 4.98 Å². The van der Waals surface area contributed by atoms with Crippen LogP contribution in [-0.2, 0) is 22.2 Å². The predicted octanol–water partition coefficient (Wildman–Crippen LogP) is 2.92. The Bertz CT molecular complexity index is 1010. The third-order valence-electron chi connectivity index (χ3n) is 4.21. The fourth-order valence-electron chi connectivity index (χ4n) is 2.88. The molecule has 0 radical (unpaired) electrons. The van der Waals surface area contributed by atoms with Gasteiger partial charge in [0.25, 0.3) is 0 Å². The first-order valence-corrected chi connectivity index (χ1v) is 9.16. The van der Waals surface area contributed by atoms with E-state index in [0.717, 1.165) is 6.07 Å². The smallest absolute Gasteiger partial charge is 0.474 e. The topological polar surface area (TPSA) is 93.8 Å². The molecule has 12 heteroatoms. The van der Waals surface area contributed by atoms with Crippen molar-refractivity contribution < 1.29 is 41.5 Å². The van der Waals surface area contributed by atoms with Crippen molar-refractivity contribution in [3.8, 4) is 23.6 Å². The van der Waals surface area contributed by atoms with Crippen molar-refractivity contribution in [2.24, 2.45) is 0 Å². The van der Waals surface area contributed by atoms with Gasteiger partial charge in [-0.3, -0.25) is 0 Å². The second kappa shape index (κ2) is 9.09. The van der Waals surface area contributed by atoms with Gasteiger partial charge in [0.05, 0.1) is 24.9 Å². The van der Waals surface area contributed by atoms with Crippen molar-refractivity contribution >= 4 is 12.6 Å². The molecule has 0 saturated carbocycles. The van der Waals surface area contributed by atoms with Crippen LogP contribution in [-0.4, -0.2) is 36.4 Å². The van der Waals surface area contributed by atoms with Gasteiger partial charge in [0.1, 0.15) is 29.8 Å². The third kappa shape index (κ3) is 5.25. The average molecular weight is 440 g/mol. The minimum atomic E-state index is -4.89. The van der Waals surface area contributed by atoms with E-state index in [1.54, 1.807) is 13.8 Å². The highest BCUT2D eigenvalue weighted by Crippen LogP contribution is 2.38. The van der Waals surface area contributed by atoms with Gasteiger partial charge in [0, 0.05) is 17.6 Å². The Morgan fingerprint density at radius 3 is 2.68 bits per heavy atom. The molecule has 2 heterocycles. The number of ether oxygens (including phenoxy) is 3. The monoisotopic (exact) mass is 440 g/mol. The number of benzene rings is 1. The van der Waals surface area contributed by atoms with E-state index in [1.807, 2.05) is 0 Å². The molecule has 0 spiro atoms. The second-order valence-electron chi connectivity index (χ2n) is 6.81. The molecule has 2 aromatic rings. The van der Waals surface area contributed by atoms with E-state index in [9.17, 15) is 27.8 Å². The zero-order valence-electron chi connectivity index (χ0n) is 16.5. The normalized spacial score (nSPS) is 13.3. The molecule has 0 bridgehead atoms. The molecule has 1 aromatic carbocycles. The summed E-state index contributed by atoms with van der Waals surface area (Å²) in [5.41, 5.74) is -1.89. The maximum atomic E-state index is 14.2. The summed E-state index contributed by atoms with van der Waals surface area (Å²) in [6, 6.07) is 4.19. The van der Waals surface area contributed by atoms with Crippen LogP contribution in [0.25, 0.3) is 0 Å². The van der Waals surface area contributed by atoms with Crippen molar-refractivity contribution in [3.05, 3.63) is 40.7 Å². The molecule has 0 fully saturated rings. The van der Waals surface area contributed by atoms with Crippen molar-refractivity contribution in [2.75, 3.05) is 13.2 Å². The van der Waals surface area contributed by atoms with Gasteiger partial charge in [-0.1, -0.05) is 0 Å². The van der Waals surface area contributed by atoms with Crippen LogP contribution in [0.3, 0.4) is 0 Å². The zero-order valence-corrected chi connectivity index (χ0v) is 16.5. The van der Waals surface area contributed by atoms with Gasteiger partial charge < -0.3 is 23.9 Å². The molecule has 3 rings (SSSR count). The van der Waals surface area contributed by atoms with Crippen LogP contribution in [0, 0.1) is 17.1 Å². The first kappa shape index (κ1) is 22.8. The summed E-state index contributed by atoms with van der Waals surface area (Å²) in [6.07, 6.45) is -5.01. The van der Waals surface area contributed by atoms with Crippen molar-refractivity contribution in [1.29, 1.82) is 5.26 Å². The predicted molar refractivity (Wildman–Crippen MR) is 99.4 cm³/mol. The molecule has 0 saturated heterocycles. The zero-order chi connectivity index (χ0) is 22.8. The first-order valence-electron chi connectivity index (χ1n) is 9.16. The minimum Gasteiger partial charge on any atom is -0.474 e. The number of aromatic nitrogens is 1. The van der Waals surface area contributed by atoms with Crippen molar-refractivity contribution in [2.45, 2.75) is 32.7 Å². The van der Waals surface area contributed by atoms with Gasteiger partial charge in [0.15, 0.2) is 0 Å². The number of fused-ring (bicyclic) bond motifs is 1. The van der Waals surface area contributed by atoms with Gasteiger partial charge in [-0.25, -0.2) is 4.39 Å². The maximum Gasteiger partial charge on any atom is 0.494 e. The Balaban J connectivity index is 1.94. The van der Waals surface area contributed by atoms with Crippen LogP contribution >= 0.6 is 0 Å². The lowest BCUT2D eigenvalue weighted by atomic mass is 9.79. The molecule has 1 aliphatic heterocycles. The SMILES string of the molecule is CC(C)OCCOc1nc(Oc2cc(F)c3c(c2)COB3O)cc(C(F)(F)F)c1C#N. The lowest BCUT2D eigenvalue weighted by Gasteiger charge is -2.16. The largest absolute Gasteiger partial charge is 0.494 e. The highest BCUT2D eigenvalue weighted by molar-refractivity contribution is 6.61. The molecule has 1 N–H and O–H groups in total. The summed E-state index contributed by atoms with van der Waals surface area (Å²) in [7, 11) is -1.43. The van der Waals surface area contributed by atoms with Gasteiger partial charge in [-0.15, -0.1) is 0 Å². The summed E-state index contributed by atoms with van der Waals surface area (Å²) in [5, 5.41) is 18.8. The van der Waals surface area contributed by atoms with Gasteiger partial charge >= 0.3 is 13.3 Å². The Morgan fingerprint density at radius 2 is 2.03 bits per heavy atom. The van der Waals surface area contributed by atoms with Gasteiger partial charge in [-0.2, -0.15) is 23.4 Å². The maximum absolute atomic E-state index is 14.2. The van der Waals surface area contributed by atoms with E-state index in [4.69, 9.17) is 18.9 Å². The molecule has 31 heavy (non-hydrogen) atoms. The van der Waals surface area contributed by atoms with E-state index < -0.39 is 42.0 Å². The number of nitriles is 1. The number of rotatable bonds is 7. The Kier molecular flexibility index (Phi) is 6.69. The van der Waals surface area contributed by atoms with Gasteiger partial charge in [0.2, 0.25) is 11.8 Å².